The highest BCUT2D eigenvalue weighted by Gasteiger charge is 2.10. The molecule has 20 heavy (non-hydrogen) atoms. The zero-order valence-electron chi connectivity index (χ0n) is 12.3. The van der Waals surface area contributed by atoms with E-state index < -0.39 is 0 Å². The van der Waals surface area contributed by atoms with Crippen LogP contribution in [0.5, 0.6) is 5.75 Å². The molecule has 0 saturated carbocycles. The smallest absolute Gasteiger partial charge is 0.145 e. The van der Waals surface area contributed by atoms with Crippen molar-refractivity contribution >= 4 is 16.7 Å². The summed E-state index contributed by atoms with van der Waals surface area (Å²) in [5.74, 6) is 7.12. The van der Waals surface area contributed by atoms with Gasteiger partial charge in [0.05, 0.1) is 12.6 Å². The van der Waals surface area contributed by atoms with Crippen molar-refractivity contribution in [1.82, 2.24) is 9.88 Å². The first-order chi connectivity index (χ1) is 9.71. The number of anilines is 1. The molecule has 0 aliphatic heterocycles. The van der Waals surface area contributed by atoms with Crippen LogP contribution in [0.2, 0.25) is 0 Å². The van der Waals surface area contributed by atoms with Crippen molar-refractivity contribution in [2.75, 3.05) is 25.6 Å². The number of nitrogens with two attached hydrogens (primary N) is 1. The van der Waals surface area contributed by atoms with Crippen LogP contribution in [-0.4, -0.2) is 30.1 Å². The summed E-state index contributed by atoms with van der Waals surface area (Å²) in [6.45, 7) is 7.14. The molecule has 0 radical (unpaired) electrons. The van der Waals surface area contributed by atoms with Gasteiger partial charge in [0.15, 0.2) is 0 Å². The number of hydrazine groups is 1. The second-order valence-electron chi connectivity index (χ2n) is 4.66. The second-order valence-corrected chi connectivity index (χ2v) is 4.66. The summed E-state index contributed by atoms with van der Waals surface area (Å²) < 4.78 is 5.23. The number of benzene rings is 1. The number of fused-ring (bicyclic) bond motifs is 1. The van der Waals surface area contributed by atoms with Crippen LogP contribution in [0.15, 0.2) is 24.3 Å². The Hall–Kier alpha value is -1.85. The van der Waals surface area contributed by atoms with E-state index >= 15 is 0 Å². The molecule has 2 rings (SSSR count). The highest BCUT2D eigenvalue weighted by Crippen LogP contribution is 2.24. The summed E-state index contributed by atoms with van der Waals surface area (Å²) in [7, 11) is 1.65. The fourth-order valence-corrected chi connectivity index (χ4v) is 2.25. The summed E-state index contributed by atoms with van der Waals surface area (Å²) in [4.78, 5) is 6.91. The molecule has 0 amide bonds. The molecule has 0 spiro atoms. The summed E-state index contributed by atoms with van der Waals surface area (Å²) >= 11 is 0. The number of aromatic nitrogens is 1. The van der Waals surface area contributed by atoms with Crippen LogP contribution in [0.3, 0.4) is 0 Å². The van der Waals surface area contributed by atoms with Gasteiger partial charge in [-0.3, -0.25) is 4.90 Å². The van der Waals surface area contributed by atoms with Gasteiger partial charge in [-0.05, 0) is 31.3 Å². The number of nitrogen functional groups attached to an aromatic ring is 1. The number of hydrogen-bond acceptors (Lipinski definition) is 5. The van der Waals surface area contributed by atoms with E-state index in [-0.39, 0.29) is 0 Å². The lowest BCUT2D eigenvalue weighted by molar-refractivity contribution is 0.296. The zero-order chi connectivity index (χ0) is 14.5. The van der Waals surface area contributed by atoms with Gasteiger partial charge in [-0.1, -0.05) is 13.8 Å². The summed E-state index contributed by atoms with van der Waals surface area (Å²) in [6.07, 6.45) is 0. The fraction of sp³-hybridized carbons (Fsp3) is 0.400. The predicted octanol–water partition coefficient (Wildman–Crippen LogP) is 2.37. The number of pyridine rings is 1. The molecule has 1 heterocycles. The molecule has 5 heteroatoms. The predicted molar refractivity (Wildman–Crippen MR) is 82.7 cm³/mol. The maximum atomic E-state index is 5.61. The van der Waals surface area contributed by atoms with Crippen molar-refractivity contribution in [3.05, 3.63) is 29.8 Å². The number of rotatable bonds is 6. The van der Waals surface area contributed by atoms with Crippen molar-refractivity contribution in [3.8, 4) is 5.75 Å². The van der Waals surface area contributed by atoms with E-state index in [0.717, 1.165) is 47.7 Å². The number of hydrogen-bond donors (Lipinski definition) is 2. The Kier molecular flexibility index (Phi) is 4.76. The van der Waals surface area contributed by atoms with Crippen LogP contribution in [0, 0.1) is 0 Å². The van der Waals surface area contributed by atoms with E-state index in [1.807, 2.05) is 18.2 Å². The highest BCUT2D eigenvalue weighted by molar-refractivity contribution is 5.83. The maximum absolute atomic E-state index is 5.61. The average Bonchev–Trinajstić information content (AvgIpc) is 2.51. The Morgan fingerprint density at radius 3 is 2.60 bits per heavy atom. The van der Waals surface area contributed by atoms with Crippen molar-refractivity contribution in [2.45, 2.75) is 20.4 Å². The molecule has 0 aliphatic rings. The molecular formula is C15H22N4O. The van der Waals surface area contributed by atoms with E-state index in [4.69, 9.17) is 10.6 Å². The van der Waals surface area contributed by atoms with Gasteiger partial charge < -0.3 is 10.2 Å². The van der Waals surface area contributed by atoms with Crippen molar-refractivity contribution in [1.29, 1.82) is 0 Å². The molecule has 3 N–H and O–H groups in total. The van der Waals surface area contributed by atoms with E-state index in [1.54, 1.807) is 7.11 Å². The van der Waals surface area contributed by atoms with Gasteiger partial charge in [-0.15, -0.1) is 0 Å². The van der Waals surface area contributed by atoms with Gasteiger partial charge in [0.25, 0.3) is 0 Å². The summed E-state index contributed by atoms with van der Waals surface area (Å²) in [5, 5.41) is 1.09. The first-order valence-electron chi connectivity index (χ1n) is 6.88. The first-order valence-corrected chi connectivity index (χ1v) is 6.88. The van der Waals surface area contributed by atoms with Crippen LogP contribution >= 0.6 is 0 Å². The van der Waals surface area contributed by atoms with Gasteiger partial charge in [-0.2, -0.15) is 0 Å². The van der Waals surface area contributed by atoms with Crippen molar-refractivity contribution < 1.29 is 4.74 Å². The first kappa shape index (κ1) is 14.6. The molecule has 1 aromatic heterocycles. The molecule has 108 valence electrons. The van der Waals surface area contributed by atoms with Gasteiger partial charge in [-0.25, -0.2) is 10.8 Å². The Morgan fingerprint density at radius 1 is 1.25 bits per heavy atom. The largest absolute Gasteiger partial charge is 0.497 e. The minimum Gasteiger partial charge on any atom is -0.497 e. The van der Waals surface area contributed by atoms with E-state index in [9.17, 15) is 0 Å². The minimum atomic E-state index is 0.720. The molecule has 5 nitrogen and oxygen atoms in total. The molecule has 1 aromatic carbocycles. The number of methoxy groups -OCH3 is 1. The third kappa shape index (κ3) is 3.00. The Labute approximate surface area is 119 Å². The van der Waals surface area contributed by atoms with Crippen LogP contribution in [0.1, 0.15) is 19.4 Å². The topological polar surface area (TPSA) is 63.4 Å². The standard InChI is InChI=1S/C15H22N4O/c1-4-19(5-2)10-12-8-11-6-7-13(20-3)9-14(11)17-15(12)18-16/h6-9H,4-5,10,16H2,1-3H3,(H,17,18). The lowest BCUT2D eigenvalue weighted by Gasteiger charge is -2.20. The Balaban J connectivity index is 2.44. The van der Waals surface area contributed by atoms with E-state index in [1.165, 1.54) is 0 Å². The van der Waals surface area contributed by atoms with Crippen LogP contribution < -0.4 is 16.0 Å². The maximum Gasteiger partial charge on any atom is 0.145 e. The fourth-order valence-electron chi connectivity index (χ4n) is 2.25. The molecule has 0 aliphatic carbocycles. The van der Waals surface area contributed by atoms with E-state index in [2.05, 4.69) is 35.2 Å². The SMILES string of the molecule is CCN(CC)Cc1cc2ccc(OC)cc2nc1NN. The second kappa shape index (κ2) is 6.54. The van der Waals surface area contributed by atoms with Crippen molar-refractivity contribution in [3.63, 3.8) is 0 Å². The van der Waals surface area contributed by atoms with Crippen LogP contribution in [0.4, 0.5) is 5.82 Å². The van der Waals surface area contributed by atoms with E-state index in [0.29, 0.717) is 0 Å². The lowest BCUT2D eigenvalue weighted by atomic mass is 10.1. The Morgan fingerprint density at radius 2 is 2.00 bits per heavy atom. The molecular weight excluding hydrogens is 252 g/mol. The zero-order valence-corrected chi connectivity index (χ0v) is 12.3. The van der Waals surface area contributed by atoms with Crippen molar-refractivity contribution in [2.24, 2.45) is 5.84 Å². The van der Waals surface area contributed by atoms with Gasteiger partial charge in [0, 0.05) is 23.6 Å². The Bertz CT molecular complexity index is 581. The third-order valence-corrected chi connectivity index (χ3v) is 3.53. The van der Waals surface area contributed by atoms with Crippen LogP contribution in [0.25, 0.3) is 10.9 Å². The molecule has 0 unspecified atom stereocenters. The monoisotopic (exact) mass is 274 g/mol. The van der Waals surface area contributed by atoms with Gasteiger partial charge in [0.2, 0.25) is 0 Å². The number of nitrogens with one attached hydrogen (secondary N) is 1. The molecule has 0 atom stereocenters. The highest BCUT2D eigenvalue weighted by atomic mass is 16.5. The lowest BCUT2D eigenvalue weighted by Crippen LogP contribution is -2.23. The third-order valence-electron chi connectivity index (χ3n) is 3.53. The molecule has 0 saturated heterocycles. The normalized spacial score (nSPS) is 11.1. The van der Waals surface area contributed by atoms with Crippen LogP contribution in [-0.2, 0) is 6.54 Å². The number of ether oxygens (including phenoxy) is 1. The molecule has 0 bridgehead atoms. The average molecular weight is 274 g/mol. The van der Waals surface area contributed by atoms with Gasteiger partial charge in [0.1, 0.15) is 11.6 Å². The number of nitrogens with zero attached hydrogens (tertiary/aromatic N) is 2. The summed E-state index contributed by atoms with van der Waals surface area (Å²) in [6, 6.07) is 8.01. The van der Waals surface area contributed by atoms with Gasteiger partial charge >= 0.3 is 0 Å². The quantitative estimate of drug-likeness (QED) is 0.625. The minimum absolute atomic E-state index is 0.720. The summed E-state index contributed by atoms with van der Waals surface area (Å²) in [5.41, 5.74) is 4.68. The molecule has 2 aromatic rings. The molecule has 0 fully saturated rings.